The summed E-state index contributed by atoms with van der Waals surface area (Å²) in [6.07, 6.45) is 0. The molecule has 0 spiro atoms. The number of ether oxygens (including phenoxy) is 1. The first kappa shape index (κ1) is 14.5. The number of carbonyl (C=O) groups excluding carboxylic acids is 2. The van der Waals surface area contributed by atoms with Gasteiger partial charge in [-0.2, -0.15) is 0 Å². The van der Waals surface area contributed by atoms with Gasteiger partial charge in [-0.3, -0.25) is 20.4 Å². The van der Waals surface area contributed by atoms with Gasteiger partial charge < -0.3 is 4.74 Å². The topological polar surface area (TPSA) is 67.4 Å². The lowest BCUT2D eigenvalue weighted by molar-refractivity contribution is 0.0849. The first-order valence-electron chi connectivity index (χ1n) is 5.60. The minimum Gasteiger partial charge on any atom is -0.497 e. The van der Waals surface area contributed by atoms with Crippen LogP contribution in [0.5, 0.6) is 5.75 Å². The number of amides is 2. The Morgan fingerprint density at radius 2 is 1.90 bits per heavy atom. The lowest BCUT2D eigenvalue weighted by Crippen LogP contribution is -2.41. The van der Waals surface area contributed by atoms with Crippen molar-refractivity contribution in [3.8, 4) is 5.75 Å². The van der Waals surface area contributed by atoms with E-state index in [1.54, 1.807) is 36.4 Å². The van der Waals surface area contributed by atoms with E-state index in [-0.39, 0.29) is 5.91 Å². The number of rotatable bonds is 3. The Labute approximate surface area is 128 Å². The van der Waals surface area contributed by atoms with Crippen molar-refractivity contribution in [3.63, 3.8) is 0 Å². The molecule has 0 saturated heterocycles. The predicted octanol–water partition coefficient (Wildman–Crippen LogP) is 2.59. The molecule has 1 aromatic heterocycles. The van der Waals surface area contributed by atoms with Gasteiger partial charge in [0.25, 0.3) is 11.8 Å². The molecule has 0 radical (unpaired) electrons. The Bertz CT molecular complexity index is 642. The highest BCUT2D eigenvalue weighted by Crippen LogP contribution is 2.21. The smallest absolute Gasteiger partial charge is 0.279 e. The molecular formula is C13H11BrN2O3S. The average Bonchev–Trinajstić information content (AvgIpc) is 2.91. The lowest BCUT2D eigenvalue weighted by atomic mass is 10.2. The van der Waals surface area contributed by atoms with Crippen LogP contribution in [0.15, 0.2) is 40.2 Å². The normalized spacial score (nSPS) is 9.90. The first-order valence-corrected chi connectivity index (χ1v) is 7.21. The molecule has 0 unspecified atom stereocenters. The number of benzene rings is 1. The number of nitrogens with one attached hydrogen (secondary N) is 2. The standard InChI is InChI=1S/C13H11BrN2O3S/c1-19-9-4-2-3-8(7-9)12(17)15-16-13(18)10-5-6-11(14)20-10/h2-7H,1H3,(H,15,17)(H,16,18). The molecule has 2 amide bonds. The number of hydrogen-bond donors (Lipinski definition) is 2. The number of hydrogen-bond acceptors (Lipinski definition) is 4. The van der Waals surface area contributed by atoms with Crippen molar-refractivity contribution in [3.05, 3.63) is 50.6 Å². The maximum atomic E-state index is 11.9. The fourth-order valence-electron chi connectivity index (χ4n) is 1.45. The van der Waals surface area contributed by atoms with Crippen molar-refractivity contribution in [2.24, 2.45) is 0 Å². The highest BCUT2D eigenvalue weighted by atomic mass is 79.9. The zero-order chi connectivity index (χ0) is 14.5. The highest BCUT2D eigenvalue weighted by Gasteiger charge is 2.11. The van der Waals surface area contributed by atoms with Gasteiger partial charge in [0, 0.05) is 5.56 Å². The summed E-state index contributed by atoms with van der Waals surface area (Å²) in [7, 11) is 1.52. The van der Waals surface area contributed by atoms with E-state index < -0.39 is 5.91 Å². The number of carbonyl (C=O) groups is 2. The summed E-state index contributed by atoms with van der Waals surface area (Å²) in [5.74, 6) is -0.198. The summed E-state index contributed by atoms with van der Waals surface area (Å²) in [5, 5.41) is 0. The van der Waals surface area contributed by atoms with E-state index in [9.17, 15) is 9.59 Å². The number of hydrazine groups is 1. The Hall–Kier alpha value is -1.86. The molecule has 7 heteroatoms. The lowest BCUT2D eigenvalue weighted by Gasteiger charge is -2.07. The summed E-state index contributed by atoms with van der Waals surface area (Å²) in [5.41, 5.74) is 5.11. The van der Waals surface area contributed by atoms with Crippen LogP contribution in [0.2, 0.25) is 0 Å². The summed E-state index contributed by atoms with van der Waals surface area (Å²) < 4.78 is 5.88. The van der Waals surface area contributed by atoms with Crippen molar-refractivity contribution in [2.75, 3.05) is 7.11 Å². The third-order valence-electron chi connectivity index (χ3n) is 2.42. The molecule has 0 aliphatic carbocycles. The molecule has 0 saturated carbocycles. The maximum absolute atomic E-state index is 11.9. The largest absolute Gasteiger partial charge is 0.497 e. The fraction of sp³-hybridized carbons (Fsp3) is 0.0769. The van der Waals surface area contributed by atoms with E-state index in [1.165, 1.54) is 18.4 Å². The minimum atomic E-state index is -0.409. The molecular weight excluding hydrogens is 344 g/mol. The fourth-order valence-corrected chi connectivity index (χ4v) is 2.73. The Morgan fingerprint density at radius 1 is 1.15 bits per heavy atom. The second kappa shape index (κ2) is 6.53. The first-order chi connectivity index (χ1) is 9.60. The molecule has 0 atom stereocenters. The molecule has 0 bridgehead atoms. The van der Waals surface area contributed by atoms with Crippen LogP contribution in [0, 0.1) is 0 Å². The summed E-state index contributed by atoms with van der Waals surface area (Å²) >= 11 is 4.55. The quantitative estimate of drug-likeness (QED) is 0.832. The van der Waals surface area contributed by atoms with E-state index >= 15 is 0 Å². The third kappa shape index (κ3) is 3.58. The number of methoxy groups -OCH3 is 1. The van der Waals surface area contributed by atoms with Crippen LogP contribution in [0.3, 0.4) is 0 Å². The van der Waals surface area contributed by atoms with Crippen molar-refractivity contribution in [2.45, 2.75) is 0 Å². The van der Waals surface area contributed by atoms with E-state index in [0.29, 0.717) is 16.2 Å². The van der Waals surface area contributed by atoms with Gasteiger partial charge in [0.05, 0.1) is 15.8 Å². The zero-order valence-electron chi connectivity index (χ0n) is 10.5. The minimum absolute atomic E-state index is 0.364. The van der Waals surface area contributed by atoms with Gasteiger partial charge in [-0.15, -0.1) is 11.3 Å². The monoisotopic (exact) mass is 354 g/mol. The second-order valence-corrected chi connectivity index (χ2v) is 6.21. The van der Waals surface area contributed by atoms with Crippen LogP contribution in [0.25, 0.3) is 0 Å². The van der Waals surface area contributed by atoms with Gasteiger partial charge in [0.2, 0.25) is 0 Å². The van der Waals surface area contributed by atoms with Gasteiger partial charge in [0.15, 0.2) is 0 Å². The highest BCUT2D eigenvalue weighted by molar-refractivity contribution is 9.11. The summed E-state index contributed by atoms with van der Waals surface area (Å²) in [4.78, 5) is 24.1. The van der Waals surface area contributed by atoms with Gasteiger partial charge in [-0.1, -0.05) is 6.07 Å². The molecule has 0 fully saturated rings. The molecule has 2 N–H and O–H groups in total. The predicted molar refractivity (Wildman–Crippen MR) is 79.9 cm³/mol. The van der Waals surface area contributed by atoms with E-state index in [1.807, 2.05) is 0 Å². The van der Waals surface area contributed by atoms with Crippen LogP contribution in [-0.4, -0.2) is 18.9 Å². The van der Waals surface area contributed by atoms with Crippen molar-refractivity contribution < 1.29 is 14.3 Å². The van der Waals surface area contributed by atoms with Crippen molar-refractivity contribution in [1.29, 1.82) is 0 Å². The van der Waals surface area contributed by atoms with Gasteiger partial charge in [-0.05, 0) is 46.3 Å². The second-order valence-electron chi connectivity index (χ2n) is 3.74. The molecule has 20 heavy (non-hydrogen) atoms. The van der Waals surface area contributed by atoms with E-state index in [2.05, 4.69) is 26.8 Å². The Morgan fingerprint density at radius 3 is 2.55 bits per heavy atom. The van der Waals surface area contributed by atoms with E-state index in [4.69, 9.17) is 4.74 Å². The van der Waals surface area contributed by atoms with E-state index in [0.717, 1.165) is 3.79 Å². The van der Waals surface area contributed by atoms with Gasteiger partial charge in [-0.25, -0.2) is 0 Å². The maximum Gasteiger partial charge on any atom is 0.279 e. The van der Waals surface area contributed by atoms with Crippen LogP contribution >= 0.6 is 27.3 Å². The van der Waals surface area contributed by atoms with Crippen molar-refractivity contribution in [1.82, 2.24) is 10.9 Å². The molecule has 104 valence electrons. The summed E-state index contributed by atoms with van der Waals surface area (Å²) in [6.45, 7) is 0. The third-order valence-corrected chi connectivity index (χ3v) is 4.04. The molecule has 1 heterocycles. The summed E-state index contributed by atoms with van der Waals surface area (Å²) in [6, 6.07) is 10.1. The zero-order valence-corrected chi connectivity index (χ0v) is 12.9. The molecule has 0 aliphatic rings. The van der Waals surface area contributed by atoms with Gasteiger partial charge >= 0.3 is 0 Å². The Kier molecular flexibility index (Phi) is 4.75. The van der Waals surface area contributed by atoms with Crippen LogP contribution in [0.1, 0.15) is 20.0 Å². The molecule has 5 nitrogen and oxygen atoms in total. The van der Waals surface area contributed by atoms with Crippen LogP contribution in [0.4, 0.5) is 0 Å². The van der Waals surface area contributed by atoms with Crippen LogP contribution in [-0.2, 0) is 0 Å². The molecule has 2 aromatic rings. The van der Waals surface area contributed by atoms with Crippen molar-refractivity contribution >= 4 is 39.1 Å². The number of halogens is 1. The Balaban J connectivity index is 1.96. The molecule has 1 aromatic carbocycles. The molecule has 0 aliphatic heterocycles. The number of thiophene rings is 1. The van der Waals surface area contributed by atoms with Crippen LogP contribution < -0.4 is 15.6 Å². The SMILES string of the molecule is COc1cccc(C(=O)NNC(=O)c2ccc(Br)s2)c1. The average molecular weight is 355 g/mol. The van der Waals surface area contributed by atoms with Gasteiger partial charge in [0.1, 0.15) is 5.75 Å². The molecule has 2 rings (SSSR count).